The van der Waals surface area contributed by atoms with Crippen molar-refractivity contribution in [2.75, 3.05) is 12.3 Å². The third kappa shape index (κ3) is 4.25. The molecule has 2 rings (SSSR count). The molecule has 0 saturated heterocycles. The van der Waals surface area contributed by atoms with E-state index in [1.807, 2.05) is 0 Å². The third-order valence-electron chi connectivity index (χ3n) is 3.39. The highest BCUT2D eigenvalue weighted by Crippen LogP contribution is 2.36. The van der Waals surface area contributed by atoms with E-state index in [4.69, 9.17) is 5.41 Å². The Balaban J connectivity index is 2.48. The van der Waals surface area contributed by atoms with E-state index in [0.717, 1.165) is 16.3 Å². The topological polar surface area (TPSA) is 70.8 Å². The number of alkyl halides is 8. The lowest BCUT2D eigenvalue weighted by atomic mass is 10.1. The summed E-state index contributed by atoms with van der Waals surface area (Å²) in [5.41, 5.74) is -4.75. The maximum absolute atomic E-state index is 13.2. The largest absolute Gasteiger partial charge is 0.455 e. The van der Waals surface area contributed by atoms with Crippen LogP contribution in [0.1, 0.15) is 11.3 Å². The van der Waals surface area contributed by atoms with Gasteiger partial charge in [-0.3, -0.25) is 9.36 Å². The third-order valence-corrected chi connectivity index (χ3v) is 4.35. The Morgan fingerprint density at radius 1 is 1.22 bits per heavy atom. The van der Waals surface area contributed by atoms with Crippen molar-refractivity contribution in [3.05, 3.63) is 27.8 Å². The summed E-state index contributed by atoms with van der Waals surface area (Å²) in [6.07, 6.45) is -10.4. The zero-order valence-corrected chi connectivity index (χ0v) is 13.8. The van der Waals surface area contributed by atoms with Gasteiger partial charge in [-0.05, 0) is 0 Å². The Morgan fingerprint density at radius 2 is 1.85 bits per heavy atom. The second-order valence-corrected chi connectivity index (χ2v) is 6.31. The normalized spacial score (nSPS) is 15.6. The van der Waals surface area contributed by atoms with Crippen LogP contribution in [0.4, 0.5) is 35.1 Å². The molecule has 1 aromatic rings. The number of thioether (sulfide) groups is 1. The Morgan fingerprint density at radius 3 is 2.37 bits per heavy atom. The van der Waals surface area contributed by atoms with Gasteiger partial charge in [0.15, 0.2) is 10.9 Å². The predicted octanol–water partition coefficient (Wildman–Crippen LogP) is 3.15. The van der Waals surface area contributed by atoms with Crippen LogP contribution in [0.15, 0.2) is 16.2 Å². The van der Waals surface area contributed by atoms with Crippen molar-refractivity contribution in [3.8, 4) is 0 Å². The quantitative estimate of drug-likeness (QED) is 0.435. The molecular formula is C13H10F8N4OS. The number of rotatable bonds is 5. The van der Waals surface area contributed by atoms with Crippen LogP contribution in [0.25, 0.3) is 5.57 Å². The molecule has 0 spiro atoms. The number of hydrogen-bond acceptors (Lipinski definition) is 5. The van der Waals surface area contributed by atoms with Gasteiger partial charge in [-0.25, -0.2) is 4.98 Å². The van der Waals surface area contributed by atoms with E-state index in [0.29, 0.717) is 6.20 Å². The lowest BCUT2D eigenvalue weighted by molar-refractivity contribution is -0.278. The van der Waals surface area contributed by atoms with Gasteiger partial charge in [0, 0.05) is 30.3 Å². The molecule has 0 amide bonds. The van der Waals surface area contributed by atoms with Crippen LogP contribution in [0.2, 0.25) is 0 Å². The first-order valence-corrected chi connectivity index (χ1v) is 8.02. The first-order chi connectivity index (χ1) is 12.3. The summed E-state index contributed by atoms with van der Waals surface area (Å²) in [7, 11) is 0. The molecule has 0 radical (unpaired) electrons. The van der Waals surface area contributed by atoms with Crippen LogP contribution in [0.3, 0.4) is 0 Å². The van der Waals surface area contributed by atoms with Gasteiger partial charge in [0.2, 0.25) is 0 Å². The van der Waals surface area contributed by atoms with Gasteiger partial charge in [0.1, 0.15) is 0 Å². The van der Waals surface area contributed by atoms with Gasteiger partial charge >= 0.3 is 18.3 Å². The second-order valence-electron chi connectivity index (χ2n) is 5.25. The molecule has 0 aliphatic carbocycles. The van der Waals surface area contributed by atoms with Crippen molar-refractivity contribution in [3.63, 3.8) is 0 Å². The van der Waals surface area contributed by atoms with Crippen LogP contribution >= 0.6 is 11.8 Å². The number of nitrogens with one attached hydrogen (secondary N) is 2. The maximum Gasteiger partial charge on any atom is 0.455 e. The standard InChI is InChI=1S/C13H10F8N4OS/c14-11(15,13(19,20)21)5-23-4-6(3-22)7-8(12(16,17)18)24-10-25(9(7)26)1-2-27-10/h3-4,22-23H,1-2,5H2/b6-4+,22-3?. The summed E-state index contributed by atoms with van der Waals surface area (Å²) in [4.78, 5) is 15.7. The molecule has 0 saturated carbocycles. The molecule has 2 heterocycles. The van der Waals surface area contributed by atoms with Crippen molar-refractivity contribution in [1.82, 2.24) is 14.9 Å². The van der Waals surface area contributed by atoms with Crippen molar-refractivity contribution in [1.29, 1.82) is 5.41 Å². The molecule has 1 aliphatic rings. The minimum absolute atomic E-state index is 0.0435. The molecule has 14 heteroatoms. The Labute approximate surface area is 150 Å². The van der Waals surface area contributed by atoms with Crippen LogP contribution in [0, 0.1) is 5.41 Å². The van der Waals surface area contributed by atoms with E-state index in [1.165, 1.54) is 5.32 Å². The number of aromatic nitrogens is 2. The van der Waals surface area contributed by atoms with E-state index >= 15 is 0 Å². The van der Waals surface area contributed by atoms with Gasteiger partial charge in [-0.15, -0.1) is 0 Å². The van der Waals surface area contributed by atoms with Gasteiger partial charge in [-0.1, -0.05) is 11.8 Å². The smallest absolute Gasteiger partial charge is 0.384 e. The fraction of sp³-hybridized carbons (Fsp3) is 0.462. The fourth-order valence-electron chi connectivity index (χ4n) is 2.11. The maximum atomic E-state index is 13.2. The highest BCUT2D eigenvalue weighted by Gasteiger charge is 2.57. The first kappa shape index (κ1) is 21.2. The van der Waals surface area contributed by atoms with Crippen molar-refractivity contribution in [2.45, 2.75) is 30.0 Å². The molecule has 0 fully saturated rings. The van der Waals surface area contributed by atoms with E-state index < -0.39 is 47.2 Å². The molecule has 0 unspecified atom stereocenters. The highest BCUT2D eigenvalue weighted by atomic mass is 32.2. The van der Waals surface area contributed by atoms with Crippen LogP contribution in [-0.4, -0.2) is 40.2 Å². The molecular weight excluding hydrogens is 412 g/mol. The lowest BCUT2D eigenvalue weighted by Gasteiger charge is -2.19. The molecule has 5 nitrogen and oxygen atoms in total. The summed E-state index contributed by atoms with van der Waals surface area (Å²) >= 11 is 0.900. The molecule has 1 aliphatic heterocycles. The SMILES string of the molecule is N=C/C(=C\NCC(F)(F)C(F)(F)F)c1c(C(F)(F)F)nc2n(c1=O)CCS2. The van der Waals surface area contributed by atoms with Crippen LogP contribution in [0.5, 0.6) is 0 Å². The lowest BCUT2D eigenvalue weighted by Crippen LogP contribution is -2.44. The molecule has 0 bridgehead atoms. The second kappa shape index (κ2) is 7.13. The average Bonchev–Trinajstić information content (AvgIpc) is 2.99. The number of halogens is 8. The molecule has 0 aromatic carbocycles. The summed E-state index contributed by atoms with van der Waals surface area (Å²) in [5.74, 6) is -4.88. The van der Waals surface area contributed by atoms with Crippen LogP contribution in [-0.2, 0) is 12.7 Å². The number of nitrogens with zero attached hydrogens (tertiary/aromatic N) is 2. The average molecular weight is 422 g/mol. The van der Waals surface area contributed by atoms with E-state index in [1.54, 1.807) is 0 Å². The van der Waals surface area contributed by atoms with Gasteiger partial charge in [0.05, 0.1) is 12.1 Å². The van der Waals surface area contributed by atoms with Gasteiger partial charge in [-0.2, -0.15) is 35.1 Å². The van der Waals surface area contributed by atoms with Crippen molar-refractivity contribution in [2.24, 2.45) is 0 Å². The van der Waals surface area contributed by atoms with Crippen LogP contribution < -0.4 is 10.9 Å². The van der Waals surface area contributed by atoms with E-state index in [9.17, 15) is 39.9 Å². The monoisotopic (exact) mass is 422 g/mol. The van der Waals surface area contributed by atoms with E-state index in [-0.39, 0.29) is 23.7 Å². The molecule has 2 N–H and O–H groups in total. The summed E-state index contributed by atoms with van der Waals surface area (Å²) in [6, 6.07) is 0. The summed E-state index contributed by atoms with van der Waals surface area (Å²) < 4.78 is 103. The van der Waals surface area contributed by atoms with Gasteiger partial charge in [0.25, 0.3) is 5.56 Å². The van der Waals surface area contributed by atoms with Crippen molar-refractivity contribution >= 4 is 23.5 Å². The Bertz CT molecular complexity index is 827. The number of fused-ring (bicyclic) bond motifs is 1. The first-order valence-electron chi connectivity index (χ1n) is 7.03. The molecule has 150 valence electrons. The zero-order chi connectivity index (χ0) is 20.6. The Hall–Kier alpha value is -2.12. The van der Waals surface area contributed by atoms with E-state index in [2.05, 4.69) is 4.98 Å². The predicted molar refractivity (Wildman–Crippen MR) is 80.0 cm³/mol. The molecule has 0 atom stereocenters. The number of allylic oxidation sites excluding steroid dienone is 1. The number of hydrogen-bond donors (Lipinski definition) is 2. The summed E-state index contributed by atoms with van der Waals surface area (Å²) in [5, 5.41) is 8.48. The summed E-state index contributed by atoms with van der Waals surface area (Å²) in [6.45, 7) is -1.94. The molecule has 27 heavy (non-hydrogen) atoms. The van der Waals surface area contributed by atoms with Gasteiger partial charge < -0.3 is 10.7 Å². The minimum Gasteiger partial charge on any atom is -0.384 e. The van der Waals surface area contributed by atoms with Crippen molar-refractivity contribution < 1.29 is 35.1 Å². The highest BCUT2D eigenvalue weighted by molar-refractivity contribution is 7.99. The molecule has 1 aromatic heterocycles. The minimum atomic E-state index is -5.87. The zero-order valence-electron chi connectivity index (χ0n) is 13.0. The Kier molecular flexibility index (Phi) is 5.59. The fourth-order valence-corrected chi connectivity index (χ4v) is 3.05.